The van der Waals surface area contributed by atoms with Gasteiger partial charge in [-0.3, -0.25) is 15.0 Å². The minimum absolute atomic E-state index is 0.132. The van der Waals surface area contributed by atoms with Crippen molar-refractivity contribution >= 4 is 5.69 Å². The van der Waals surface area contributed by atoms with Gasteiger partial charge in [0, 0.05) is 37.2 Å². The summed E-state index contributed by atoms with van der Waals surface area (Å²) in [6.45, 7) is 4.60. The van der Waals surface area contributed by atoms with Gasteiger partial charge >= 0.3 is 0 Å². The Hall–Kier alpha value is -2.24. The van der Waals surface area contributed by atoms with Crippen molar-refractivity contribution in [2.75, 3.05) is 19.6 Å². The first-order valence-corrected chi connectivity index (χ1v) is 8.33. The zero-order chi connectivity index (χ0) is 17.1. The van der Waals surface area contributed by atoms with Crippen molar-refractivity contribution in [3.63, 3.8) is 0 Å². The predicted molar refractivity (Wildman–Crippen MR) is 94.8 cm³/mol. The van der Waals surface area contributed by atoms with Gasteiger partial charge in [0.2, 0.25) is 0 Å². The fraction of sp³-hybridized carbons (Fsp3) is 0.368. The molecule has 3 atom stereocenters. The van der Waals surface area contributed by atoms with Gasteiger partial charge in [0.1, 0.15) is 0 Å². The summed E-state index contributed by atoms with van der Waals surface area (Å²) in [6.07, 6.45) is 0. The lowest BCUT2D eigenvalue weighted by Gasteiger charge is -2.24. The van der Waals surface area contributed by atoms with Crippen LogP contribution in [-0.2, 0) is 0 Å². The molecule has 0 aromatic heterocycles. The number of hydrogen-bond acceptors (Lipinski definition) is 4. The molecule has 1 aliphatic rings. The molecule has 0 aliphatic carbocycles. The number of benzene rings is 2. The zero-order valence-electron chi connectivity index (χ0n) is 13.8. The highest BCUT2D eigenvalue weighted by Gasteiger charge is 2.35. The molecule has 1 fully saturated rings. The van der Waals surface area contributed by atoms with Crippen LogP contribution >= 0.6 is 0 Å². The SMILES string of the molecule is CC(c1cccc([N+](=O)[O-])c1)N1C[C@@H](CN)[C@H](c2ccccc2)C1. The van der Waals surface area contributed by atoms with E-state index in [2.05, 4.69) is 36.1 Å². The van der Waals surface area contributed by atoms with Crippen LogP contribution in [0.2, 0.25) is 0 Å². The van der Waals surface area contributed by atoms with Crippen molar-refractivity contribution in [1.29, 1.82) is 0 Å². The number of nitrogens with zero attached hydrogens (tertiary/aromatic N) is 2. The maximum Gasteiger partial charge on any atom is 0.269 e. The summed E-state index contributed by atoms with van der Waals surface area (Å²) in [4.78, 5) is 13.1. The van der Waals surface area contributed by atoms with Gasteiger partial charge < -0.3 is 5.73 Å². The average molecular weight is 325 g/mol. The predicted octanol–water partition coefficient (Wildman–Crippen LogP) is 3.33. The molecule has 2 N–H and O–H groups in total. The van der Waals surface area contributed by atoms with E-state index in [-0.39, 0.29) is 16.7 Å². The summed E-state index contributed by atoms with van der Waals surface area (Å²) in [5.41, 5.74) is 8.46. The van der Waals surface area contributed by atoms with E-state index in [1.807, 2.05) is 12.1 Å². The Morgan fingerprint density at radius 3 is 2.62 bits per heavy atom. The van der Waals surface area contributed by atoms with Gasteiger partial charge in [0.15, 0.2) is 0 Å². The topological polar surface area (TPSA) is 72.4 Å². The highest BCUT2D eigenvalue weighted by molar-refractivity contribution is 5.36. The van der Waals surface area contributed by atoms with Crippen LogP contribution in [0, 0.1) is 16.0 Å². The van der Waals surface area contributed by atoms with Gasteiger partial charge in [-0.15, -0.1) is 0 Å². The number of rotatable bonds is 5. The second-order valence-corrected chi connectivity index (χ2v) is 6.49. The Labute approximate surface area is 142 Å². The Kier molecular flexibility index (Phi) is 4.92. The second kappa shape index (κ2) is 7.11. The van der Waals surface area contributed by atoms with Gasteiger partial charge in [-0.25, -0.2) is 0 Å². The first-order chi connectivity index (χ1) is 11.6. The summed E-state index contributed by atoms with van der Waals surface area (Å²) in [5.74, 6) is 0.825. The molecule has 0 amide bonds. The lowest BCUT2D eigenvalue weighted by molar-refractivity contribution is -0.384. The van der Waals surface area contributed by atoms with E-state index in [0.717, 1.165) is 18.7 Å². The van der Waals surface area contributed by atoms with Gasteiger partial charge in [0.05, 0.1) is 4.92 Å². The molecule has 0 radical (unpaired) electrons. The first kappa shape index (κ1) is 16.6. The molecule has 5 heteroatoms. The summed E-state index contributed by atoms with van der Waals surface area (Å²) >= 11 is 0. The molecule has 1 unspecified atom stereocenters. The average Bonchev–Trinajstić information content (AvgIpc) is 3.06. The maximum absolute atomic E-state index is 11.0. The molecule has 2 aromatic rings. The monoisotopic (exact) mass is 325 g/mol. The number of non-ortho nitro benzene ring substituents is 1. The molecule has 1 heterocycles. The van der Waals surface area contributed by atoms with Crippen LogP contribution in [0.15, 0.2) is 54.6 Å². The quantitative estimate of drug-likeness (QED) is 0.676. The molecule has 5 nitrogen and oxygen atoms in total. The number of likely N-dealkylation sites (tertiary alicyclic amines) is 1. The number of nitrogens with two attached hydrogens (primary N) is 1. The van der Waals surface area contributed by atoms with E-state index in [0.29, 0.717) is 18.4 Å². The Balaban J connectivity index is 1.80. The third-order valence-corrected chi connectivity index (χ3v) is 5.11. The van der Waals surface area contributed by atoms with Crippen LogP contribution in [0.3, 0.4) is 0 Å². The van der Waals surface area contributed by atoms with Crippen molar-refractivity contribution in [2.45, 2.75) is 18.9 Å². The highest BCUT2D eigenvalue weighted by atomic mass is 16.6. The van der Waals surface area contributed by atoms with Crippen LogP contribution < -0.4 is 5.73 Å². The molecule has 0 bridgehead atoms. The third-order valence-electron chi connectivity index (χ3n) is 5.11. The summed E-state index contributed by atoms with van der Waals surface area (Å²) < 4.78 is 0. The van der Waals surface area contributed by atoms with Crippen molar-refractivity contribution in [1.82, 2.24) is 4.90 Å². The molecule has 2 aromatic carbocycles. The standard InChI is InChI=1S/C19H23N3O2/c1-14(16-8-5-9-18(10-16)22(23)24)21-12-17(11-20)19(13-21)15-6-3-2-4-7-15/h2-10,14,17,19H,11-13,20H2,1H3/t14?,17-,19+/m1/s1. The molecular weight excluding hydrogens is 302 g/mol. The lowest BCUT2D eigenvalue weighted by Crippen LogP contribution is -2.26. The normalized spacial score (nSPS) is 22.4. The summed E-state index contributed by atoms with van der Waals surface area (Å²) in [6, 6.07) is 17.6. The van der Waals surface area contributed by atoms with E-state index >= 15 is 0 Å². The van der Waals surface area contributed by atoms with Gasteiger partial charge in [0.25, 0.3) is 5.69 Å². The van der Waals surface area contributed by atoms with Crippen molar-refractivity contribution in [3.8, 4) is 0 Å². The fourth-order valence-electron chi connectivity index (χ4n) is 3.65. The first-order valence-electron chi connectivity index (χ1n) is 8.33. The van der Waals surface area contributed by atoms with E-state index in [1.54, 1.807) is 12.1 Å². The molecule has 3 rings (SSSR count). The van der Waals surface area contributed by atoms with Crippen LogP contribution in [-0.4, -0.2) is 29.5 Å². The third kappa shape index (κ3) is 3.32. The molecule has 126 valence electrons. The molecular formula is C19H23N3O2. The lowest BCUT2D eigenvalue weighted by atomic mass is 9.89. The molecule has 1 aliphatic heterocycles. The molecule has 0 saturated carbocycles. The van der Waals surface area contributed by atoms with Crippen molar-refractivity contribution in [2.24, 2.45) is 11.7 Å². The number of hydrogen-bond donors (Lipinski definition) is 1. The molecule has 24 heavy (non-hydrogen) atoms. The van der Waals surface area contributed by atoms with Crippen LogP contribution in [0.5, 0.6) is 0 Å². The fourth-order valence-corrected chi connectivity index (χ4v) is 3.65. The maximum atomic E-state index is 11.0. The number of nitro groups is 1. The second-order valence-electron chi connectivity index (χ2n) is 6.49. The smallest absolute Gasteiger partial charge is 0.269 e. The van der Waals surface area contributed by atoms with Gasteiger partial charge in [-0.05, 0) is 30.5 Å². The molecule has 0 spiro atoms. The molecule has 1 saturated heterocycles. The minimum Gasteiger partial charge on any atom is -0.330 e. The largest absolute Gasteiger partial charge is 0.330 e. The van der Waals surface area contributed by atoms with E-state index < -0.39 is 0 Å². The van der Waals surface area contributed by atoms with E-state index in [4.69, 9.17) is 5.73 Å². The Morgan fingerprint density at radius 2 is 1.96 bits per heavy atom. The van der Waals surface area contributed by atoms with Crippen molar-refractivity contribution < 1.29 is 4.92 Å². The number of nitro benzene ring substituents is 1. The van der Waals surface area contributed by atoms with Crippen LogP contribution in [0.1, 0.15) is 30.0 Å². The van der Waals surface area contributed by atoms with E-state index in [9.17, 15) is 10.1 Å². The minimum atomic E-state index is -0.338. The van der Waals surface area contributed by atoms with Crippen LogP contribution in [0.4, 0.5) is 5.69 Å². The van der Waals surface area contributed by atoms with Crippen molar-refractivity contribution in [3.05, 3.63) is 75.8 Å². The van der Waals surface area contributed by atoms with Gasteiger partial charge in [-0.1, -0.05) is 42.5 Å². The Morgan fingerprint density at radius 1 is 1.21 bits per heavy atom. The van der Waals surface area contributed by atoms with Crippen LogP contribution in [0.25, 0.3) is 0 Å². The summed E-state index contributed by atoms with van der Waals surface area (Å²) in [5, 5.41) is 11.0. The zero-order valence-corrected chi connectivity index (χ0v) is 13.8. The summed E-state index contributed by atoms with van der Waals surface area (Å²) in [7, 11) is 0. The Bertz CT molecular complexity index is 705. The van der Waals surface area contributed by atoms with E-state index in [1.165, 1.54) is 11.6 Å². The van der Waals surface area contributed by atoms with Gasteiger partial charge in [-0.2, -0.15) is 0 Å². The highest BCUT2D eigenvalue weighted by Crippen LogP contribution is 2.37.